The van der Waals surface area contributed by atoms with Crippen LogP contribution in [0.25, 0.3) is 11.1 Å². The maximum absolute atomic E-state index is 15.2. The molecule has 0 saturated heterocycles. The van der Waals surface area contributed by atoms with Gasteiger partial charge in [-0.15, -0.1) is 13.2 Å². The van der Waals surface area contributed by atoms with Crippen molar-refractivity contribution in [2.45, 2.75) is 45.3 Å². The van der Waals surface area contributed by atoms with Crippen LogP contribution in [0.15, 0.2) is 103 Å². The summed E-state index contributed by atoms with van der Waals surface area (Å²) in [5.74, 6) is -1.44. The highest BCUT2D eigenvalue weighted by Crippen LogP contribution is 2.37. The van der Waals surface area contributed by atoms with E-state index in [0.717, 1.165) is 11.1 Å². The molecule has 4 aromatic rings. The minimum Gasteiger partial charge on any atom is -0.466 e. The van der Waals surface area contributed by atoms with E-state index in [2.05, 4.69) is 9.64 Å². The molecule has 214 valence electrons. The van der Waals surface area contributed by atoms with Crippen LogP contribution >= 0.6 is 0 Å². The van der Waals surface area contributed by atoms with Gasteiger partial charge < -0.3 is 9.47 Å². The number of benzene rings is 4. The van der Waals surface area contributed by atoms with Gasteiger partial charge in [-0.25, -0.2) is 4.39 Å². The molecule has 0 aliphatic heterocycles. The quantitative estimate of drug-likeness (QED) is 0.135. The van der Waals surface area contributed by atoms with Gasteiger partial charge in [0.25, 0.3) is 0 Å². The number of alkyl halides is 3. The van der Waals surface area contributed by atoms with Crippen LogP contribution in [0.5, 0.6) is 5.75 Å². The Bertz CT molecular complexity index is 1430. The number of nitrogens with zero attached hydrogens (tertiary/aromatic N) is 1. The standard InChI is InChI=1S/C33H31F4NO3/c1-3-40-32(39)21-31(38(22-24-11-6-4-7-12-24)23(2)25-13-8-5-9-14-25)28-17-27(18-29(34)19-28)26-15-10-16-30(20-26)41-33(35,36)37/h4-20,23,31H,3,21-22H2,1-2H3/t23-,31+/m1/s1. The third-order valence-electron chi connectivity index (χ3n) is 6.76. The Kier molecular flexibility index (Phi) is 9.78. The van der Waals surface area contributed by atoms with E-state index < -0.39 is 29.9 Å². The van der Waals surface area contributed by atoms with Gasteiger partial charge in [0, 0.05) is 18.6 Å². The highest BCUT2D eigenvalue weighted by atomic mass is 19.4. The lowest BCUT2D eigenvalue weighted by molar-refractivity contribution is -0.274. The monoisotopic (exact) mass is 565 g/mol. The van der Waals surface area contributed by atoms with Gasteiger partial charge in [-0.2, -0.15) is 0 Å². The van der Waals surface area contributed by atoms with Crippen molar-refractivity contribution in [1.82, 2.24) is 4.90 Å². The Labute approximate surface area is 237 Å². The van der Waals surface area contributed by atoms with Crippen LogP contribution in [-0.2, 0) is 16.1 Å². The van der Waals surface area contributed by atoms with Crippen LogP contribution in [0.3, 0.4) is 0 Å². The molecule has 0 amide bonds. The Balaban J connectivity index is 1.81. The van der Waals surface area contributed by atoms with Crippen LogP contribution in [0.2, 0.25) is 0 Å². The molecule has 0 aliphatic rings. The van der Waals surface area contributed by atoms with Crippen molar-refractivity contribution < 1.29 is 31.8 Å². The molecular formula is C33H31F4NO3. The van der Waals surface area contributed by atoms with E-state index in [1.165, 1.54) is 30.3 Å². The zero-order valence-electron chi connectivity index (χ0n) is 22.8. The highest BCUT2D eigenvalue weighted by molar-refractivity contribution is 5.71. The number of hydrogen-bond acceptors (Lipinski definition) is 4. The van der Waals surface area contributed by atoms with Crippen LogP contribution in [0.4, 0.5) is 17.6 Å². The number of carbonyl (C=O) groups is 1. The normalized spacial score (nSPS) is 13.0. The second kappa shape index (κ2) is 13.5. The van der Waals surface area contributed by atoms with Gasteiger partial charge >= 0.3 is 12.3 Å². The number of hydrogen-bond donors (Lipinski definition) is 0. The van der Waals surface area contributed by atoms with E-state index in [1.54, 1.807) is 19.1 Å². The zero-order valence-corrected chi connectivity index (χ0v) is 22.8. The van der Waals surface area contributed by atoms with Crippen molar-refractivity contribution in [3.63, 3.8) is 0 Å². The molecule has 0 unspecified atom stereocenters. The molecule has 0 fully saturated rings. The molecule has 2 atom stereocenters. The van der Waals surface area contributed by atoms with Crippen molar-refractivity contribution in [2.24, 2.45) is 0 Å². The third kappa shape index (κ3) is 8.41. The van der Waals surface area contributed by atoms with Gasteiger partial charge in [0.05, 0.1) is 13.0 Å². The molecule has 0 N–H and O–H groups in total. The number of carbonyl (C=O) groups excluding carboxylic acids is 1. The van der Waals surface area contributed by atoms with Crippen molar-refractivity contribution >= 4 is 5.97 Å². The molecule has 0 saturated carbocycles. The van der Waals surface area contributed by atoms with Crippen molar-refractivity contribution in [2.75, 3.05) is 6.61 Å². The van der Waals surface area contributed by atoms with E-state index in [9.17, 15) is 18.0 Å². The first-order chi connectivity index (χ1) is 19.6. The lowest BCUT2D eigenvalue weighted by Crippen LogP contribution is -2.33. The van der Waals surface area contributed by atoms with E-state index in [1.807, 2.05) is 67.6 Å². The topological polar surface area (TPSA) is 38.8 Å². The van der Waals surface area contributed by atoms with Gasteiger partial charge in [-0.3, -0.25) is 9.69 Å². The lowest BCUT2D eigenvalue weighted by atomic mass is 9.93. The van der Waals surface area contributed by atoms with E-state index in [0.29, 0.717) is 23.2 Å². The molecular weight excluding hydrogens is 534 g/mol. The molecule has 0 heterocycles. The minimum absolute atomic E-state index is 0.0576. The molecule has 4 rings (SSSR count). The third-order valence-corrected chi connectivity index (χ3v) is 6.76. The fourth-order valence-electron chi connectivity index (χ4n) is 4.88. The zero-order chi connectivity index (χ0) is 29.4. The van der Waals surface area contributed by atoms with Gasteiger partial charge in [-0.05, 0) is 72.0 Å². The molecule has 0 spiro atoms. The van der Waals surface area contributed by atoms with Gasteiger partial charge in [0.15, 0.2) is 0 Å². The first-order valence-electron chi connectivity index (χ1n) is 13.3. The summed E-state index contributed by atoms with van der Waals surface area (Å²) in [7, 11) is 0. The highest BCUT2D eigenvalue weighted by Gasteiger charge is 2.32. The molecule has 0 radical (unpaired) electrons. The molecule has 41 heavy (non-hydrogen) atoms. The fourth-order valence-corrected chi connectivity index (χ4v) is 4.88. The average Bonchev–Trinajstić information content (AvgIpc) is 2.94. The predicted molar refractivity (Wildman–Crippen MR) is 149 cm³/mol. The first kappa shape index (κ1) is 29.8. The molecule has 0 aromatic heterocycles. The first-order valence-corrected chi connectivity index (χ1v) is 13.3. The van der Waals surface area contributed by atoms with Gasteiger partial charge in [0.2, 0.25) is 0 Å². The summed E-state index contributed by atoms with van der Waals surface area (Å²) in [6.45, 7) is 4.38. The number of esters is 1. The van der Waals surface area contributed by atoms with Crippen molar-refractivity contribution in [3.05, 3.63) is 126 Å². The summed E-state index contributed by atoms with van der Waals surface area (Å²) < 4.78 is 63.1. The maximum Gasteiger partial charge on any atom is 0.573 e. The van der Waals surface area contributed by atoms with E-state index in [-0.39, 0.29) is 19.1 Å². The fraction of sp³-hybridized carbons (Fsp3) is 0.242. The van der Waals surface area contributed by atoms with Crippen LogP contribution in [0.1, 0.15) is 49.0 Å². The predicted octanol–water partition coefficient (Wildman–Crippen LogP) is 8.65. The van der Waals surface area contributed by atoms with Crippen LogP contribution in [0, 0.1) is 5.82 Å². The summed E-state index contributed by atoms with van der Waals surface area (Å²) in [5, 5.41) is 0. The van der Waals surface area contributed by atoms with Gasteiger partial charge in [-0.1, -0.05) is 72.8 Å². The number of rotatable bonds is 11. The average molecular weight is 566 g/mol. The van der Waals surface area contributed by atoms with Crippen LogP contribution < -0.4 is 4.74 Å². The Morgan fingerprint density at radius 3 is 2.17 bits per heavy atom. The van der Waals surface area contributed by atoms with Gasteiger partial charge in [0.1, 0.15) is 11.6 Å². The summed E-state index contributed by atoms with van der Waals surface area (Å²) in [6.07, 6.45) is -4.92. The Morgan fingerprint density at radius 1 is 0.829 bits per heavy atom. The Hall–Kier alpha value is -4.17. The maximum atomic E-state index is 15.2. The minimum atomic E-state index is -4.86. The summed E-state index contributed by atoms with van der Waals surface area (Å²) in [4.78, 5) is 15.0. The lowest BCUT2D eigenvalue weighted by Gasteiger charge is -2.37. The second-order valence-electron chi connectivity index (χ2n) is 9.62. The number of halogens is 4. The van der Waals surface area contributed by atoms with Crippen LogP contribution in [-0.4, -0.2) is 23.8 Å². The summed E-state index contributed by atoms with van der Waals surface area (Å²) in [5.41, 5.74) is 3.19. The molecule has 0 aliphatic carbocycles. The largest absolute Gasteiger partial charge is 0.573 e. The van der Waals surface area contributed by atoms with E-state index >= 15 is 4.39 Å². The molecule has 4 nitrogen and oxygen atoms in total. The van der Waals surface area contributed by atoms with E-state index in [4.69, 9.17) is 4.74 Å². The summed E-state index contributed by atoms with van der Waals surface area (Å²) >= 11 is 0. The molecule has 4 aromatic carbocycles. The molecule has 0 bridgehead atoms. The Morgan fingerprint density at radius 2 is 1.51 bits per heavy atom. The smallest absolute Gasteiger partial charge is 0.466 e. The molecule has 8 heteroatoms. The van der Waals surface area contributed by atoms with Crippen molar-refractivity contribution in [3.8, 4) is 16.9 Å². The summed E-state index contributed by atoms with van der Waals surface area (Å²) in [6, 6.07) is 28.4. The van der Waals surface area contributed by atoms with Crippen molar-refractivity contribution in [1.29, 1.82) is 0 Å². The second-order valence-corrected chi connectivity index (χ2v) is 9.62. The SMILES string of the molecule is CCOC(=O)C[C@@H](c1cc(F)cc(-c2cccc(OC(F)(F)F)c2)c1)N(Cc1ccccc1)[C@H](C)c1ccccc1. The number of ether oxygens (including phenoxy) is 2.